The minimum atomic E-state index is -5.12. The lowest BCUT2D eigenvalue weighted by atomic mass is 9.90. The topological polar surface area (TPSA) is 81.2 Å². The number of nitriles is 3. The summed E-state index contributed by atoms with van der Waals surface area (Å²) in [7, 11) is 0. The molecule has 0 fully saturated rings. The fourth-order valence-corrected chi connectivity index (χ4v) is 9.76. The molecule has 0 atom stereocenters. The summed E-state index contributed by atoms with van der Waals surface area (Å²) >= 11 is 0. The van der Waals surface area contributed by atoms with Crippen molar-refractivity contribution in [2.75, 3.05) is 0 Å². The van der Waals surface area contributed by atoms with E-state index in [9.17, 15) is 42.1 Å². The van der Waals surface area contributed by atoms with E-state index < -0.39 is 23.5 Å². The number of aromatic nitrogens is 2. The molecule has 2 heterocycles. The predicted molar refractivity (Wildman–Crippen MR) is 261 cm³/mol. The number of alkyl halides is 6. The zero-order valence-corrected chi connectivity index (χ0v) is 36.4. The average Bonchev–Trinajstić information content (AvgIpc) is 3.89. The summed E-state index contributed by atoms with van der Waals surface area (Å²) in [5.74, 6) is 0. The fourth-order valence-electron chi connectivity index (χ4n) is 9.76. The van der Waals surface area contributed by atoms with Crippen molar-refractivity contribution >= 4 is 43.6 Å². The Balaban J connectivity index is 1.22. The highest BCUT2D eigenvalue weighted by Gasteiger charge is 2.37. The summed E-state index contributed by atoms with van der Waals surface area (Å²) in [5.41, 5.74) is 5.68. The molecule has 0 aliphatic heterocycles. The summed E-state index contributed by atoms with van der Waals surface area (Å²) in [6.07, 6.45) is -10.2. The van der Waals surface area contributed by atoms with Crippen molar-refractivity contribution in [1.82, 2.24) is 9.13 Å². The highest BCUT2D eigenvalue weighted by atomic mass is 19.4. The Morgan fingerprint density at radius 1 is 0.343 bits per heavy atom. The van der Waals surface area contributed by atoms with E-state index >= 15 is 0 Å². The number of nitrogens with zero attached hydrogens (tertiary/aromatic N) is 5. The van der Waals surface area contributed by atoms with Gasteiger partial charge in [-0.2, -0.15) is 42.1 Å². The predicted octanol–water partition coefficient (Wildman–Crippen LogP) is 16.2. The molecule has 0 saturated carbocycles. The molecule has 0 radical (unpaired) electrons. The van der Waals surface area contributed by atoms with Crippen molar-refractivity contribution in [2.24, 2.45) is 0 Å². The Kier molecular flexibility index (Phi) is 10.2. The molecule has 9 aromatic carbocycles. The minimum Gasteiger partial charge on any atom is -0.309 e. The van der Waals surface area contributed by atoms with Gasteiger partial charge in [-0.3, -0.25) is 0 Å². The maximum Gasteiger partial charge on any atom is 0.416 e. The fraction of sp³-hybridized carbons (Fsp3) is 0.0339. The SMILES string of the molecule is N#Cc1ccc(-n2c3ccccc3c3cc(-c4ccccc4C#N)ccc32)c(-c2cc(-n3c4ccccc4c4cc(-c5ccccc5C#N)ccc43)ccc2-c2cc(C(F)(F)F)cc(C(F)(F)F)c2)c1. The van der Waals surface area contributed by atoms with Crippen LogP contribution in [0.2, 0.25) is 0 Å². The molecule has 0 spiro atoms. The van der Waals surface area contributed by atoms with Crippen LogP contribution in [0.25, 0.3) is 99.5 Å². The molecule has 2 aromatic heterocycles. The van der Waals surface area contributed by atoms with Crippen LogP contribution in [0.5, 0.6) is 0 Å². The second-order valence-corrected chi connectivity index (χ2v) is 16.9. The molecule has 0 N–H and O–H groups in total. The number of rotatable bonds is 6. The maximum atomic E-state index is 14.6. The summed E-state index contributed by atoms with van der Waals surface area (Å²) in [6.45, 7) is 0. The quantitative estimate of drug-likeness (QED) is 0.156. The average molecular weight is 924 g/mol. The first-order chi connectivity index (χ1) is 33.8. The second-order valence-electron chi connectivity index (χ2n) is 16.9. The van der Waals surface area contributed by atoms with E-state index in [4.69, 9.17) is 0 Å². The Labute approximate surface area is 395 Å². The van der Waals surface area contributed by atoms with Crippen LogP contribution in [0.1, 0.15) is 27.8 Å². The minimum absolute atomic E-state index is 0.0593. The second kappa shape index (κ2) is 16.4. The monoisotopic (exact) mass is 923 g/mol. The van der Waals surface area contributed by atoms with Crippen LogP contribution in [-0.4, -0.2) is 9.13 Å². The molecule has 11 heteroatoms. The molecule has 0 unspecified atom stereocenters. The Bertz CT molecular complexity index is 4060. The van der Waals surface area contributed by atoms with Gasteiger partial charge in [0.05, 0.1) is 73.8 Å². The summed E-state index contributed by atoms with van der Waals surface area (Å²) in [4.78, 5) is 0. The third kappa shape index (κ3) is 7.18. The van der Waals surface area contributed by atoms with Crippen molar-refractivity contribution < 1.29 is 26.3 Å². The van der Waals surface area contributed by atoms with E-state index in [2.05, 4.69) is 18.2 Å². The zero-order valence-electron chi connectivity index (χ0n) is 36.4. The van der Waals surface area contributed by atoms with E-state index in [-0.39, 0.29) is 28.3 Å². The first kappa shape index (κ1) is 43.2. The summed E-state index contributed by atoms with van der Waals surface area (Å²) in [6, 6.07) is 59.7. The van der Waals surface area contributed by atoms with Crippen LogP contribution < -0.4 is 0 Å². The van der Waals surface area contributed by atoms with Gasteiger partial charge in [-0.1, -0.05) is 91.0 Å². The van der Waals surface area contributed by atoms with Gasteiger partial charge in [-0.25, -0.2) is 0 Å². The molecule has 0 amide bonds. The van der Waals surface area contributed by atoms with Gasteiger partial charge in [0.1, 0.15) is 0 Å². The number of fused-ring (bicyclic) bond motifs is 6. The van der Waals surface area contributed by atoms with Gasteiger partial charge in [0.15, 0.2) is 0 Å². The highest BCUT2D eigenvalue weighted by molar-refractivity contribution is 6.12. The Morgan fingerprint density at radius 3 is 1.39 bits per heavy atom. The summed E-state index contributed by atoms with van der Waals surface area (Å²) in [5, 5.41) is 33.7. The molecule has 0 aliphatic rings. The molecule has 5 nitrogen and oxygen atoms in total. The number of hydrogen-bond donors (Lipinski definition) is 0. The molecular formula is C59H31F6N5. The summed E-state index contributed by atoms with van der Waals surface area (Å²) < 4.78 is 91.5. The molecule has 334 valence electrons. The third-order valence-corrected chi connectivity index (χ3v) is 12.9. The normalized spacial score (nSPS) is 11.8. The van der Waals surface area contributed by atoms with Gasteiger partial charge in [-0.05, 0) is 136 Å². The van der Waals surface area contributed by atoms with Gasteiger partial charge in [-0.15, -0.1) is 0 Å². The van der Waals surface area contributed by atoms with E-state index in [0.717, 1.165) is 78.0 Å². The first-order valence-electron chi connectivity index (χ1n) is 21.9. The highest BCUT2D eigenvalue weighted by Crippen LogP contribution is 2.46. The molecule has 0 saturated heterocycles. The molecule has 0 bridgehead atoms. The van der Waals surface area contributed by atoms with Crippen LogP contribution in [0.15, 0.2) is 188 Å². The Hall–Kier alpha value is -9.37. The molecule has 70 heavy (non-hydrogen) atoms. The lowest BCUT2D eigenvalue weighted by molar-refractivity contribution is -0.143. The van der Waals surface area contributed by atoms with Crippen molar-refractivity contribution in [2.45, 2.75) is 12.4 Å². The van der Waals surface area contributed by atoms with Gasteiger partial charge in [0, 0.05) is 32.8 Å². The van der Waals surface area contributed by atoms with Gasteiger partial charge < -0.3 is 9.13 Å². The van der Waals surface area contributed by atoms with Crippen molar-refractivity contribution in [3.05, 3.63) is 216 Å². The van der Waals surface area contributed by atoms with Crippen LogP contribution in [-0.2, 0) is 12.4 Å². The van der Waals surface area contributed by atoms with E-state index in [1.54, 1.807) is 54.6 Å². The van der Waals surface area contributed by atoms with Crippen LogP contribution in [0.4, 0.5) is 26.3 Å². The lowest BCUT2D eigenvalue weighted by Crippen LogP contribution is -2.11. The van der Waals surface area contributed by atoms with Gasteiger partial charge >= 0.3 is 12.4 Å². The molecule has 11 rings (SSSR count). The lowest BCUT2D eigenvalue weighted by Gasteiger charge is -2.21. The van der Waals surface area contributed by atoms with E-state index in [1.807, 2.05) is 118 Å². The Morgan fingerprint density at radius 2 is 0.843 bits per heavy atom. The third-order valence-electron chi connectivity index (χ3n) is 12.9. The van der Waals surface area contributed by atoms with Crippen molar-refractivity contribution in [3.63, 3.8) is 0 Å². The number of para-hydroxylation sites is 2. The van der Waals surface area contributed by atoms with Crippen LogP contribution in [0.3, 0.4) is 0 Å². The number of benzene rings is 9. The number of halogens is 6. The van der Waals surface area contributed by atoms with Crippen LogP contribution in [0, 0.1) is 34.0 Å². The standard InChI is InChI=1S/C59H31F6N5/c60-58(61,62)41-26-40(27-42(30-41)59(63,64)65)46-21-20-43(69-53-15-7-5-13-47(53)51-28-36(18-23-55(51)69)44-11-3-1-9-38(44)33-67)31-49(46)50-25-35(32-66)17-22-56(50)70-54-16-8-6-14-48(54)52-29-37(19-24-57(52)70)45-12-4-2-10-39(45)34-68/h1-31H. The zero-order chi connectivity index (χ0) is 48.5. The van der Waals surface area contributed by atoms with Gasteiger partial charge in [0.25, 0.3) is 0 Å². The molecular weight excluding hydrogens is 893 g/mol. The number of hydrogen-bond acceptors (Lipinski definition) is 3. The maximum absolute atomic E-state index is 14.6. The van der Waals surface area contributed by atoms with E-state index in [0.29, 0.717) is 28.1 Å². The largest absolute Gasteiger partial charge is 0.416 e. The van der Waals surface area contributed by atoms with Crippen LogP contribution >= 0.6 is 0 Å². The van der Waals surface area contributed by atoms with Crippen molar-refractivity contribution in [3.8, 4) is 74.1 Å². The molecule has 0 aliphatic carbocycles. The first-order valence-corrected chi connectivity index (χ1v) is 21.9. The van der Waals surface area contributed by atoms with Gasteiger partial charge in [0.2, 0.25) is 0 Å². The van der Waals surface area contributed by atoms with E-state index in [1.165, 1.54) is 6.07 Å². The van der Waals surface area contributed by atoms with Crippen molar-refractivity contribution in [1.29, 1.82) is 15.8 Å². The molecule has 11 aromatic rings. The smallest absolute Gasteiger partial charge is 0.309 e.